The van der Waals surface area contributed by atoms with E-state index in [0.29, 0.717) is 0 Å². The van der Waals surface area contributed by atoms with Crippen LogP contribution >= 0.6 is 0 Å². The highest BCUT2D eigenvalue weighted by atomic mass is 14.2. The molecular weight excluding hydrogens is 180 g/mol. The molecule has 0 nitrogen and oxygen atoms in total. The van der Waals surface area contributed by atoms with Crippen molar-refractivity contribution in [2.24, 2.45) is 0 Å². The first kappa shape index (κ1) is 11.6. The number of allylic oxidation sites excluding steroid dienone is 1. The van der Waals surface area contributed by atoms with Gasteiger partial charge in [-0.2, -0.15) is 0 Å². The fourth-order valence-electron chi connectivity index (χ4n) is 1.63. The Kier molecular flexibility index (Phi) is 3.74. The van der Waals surface area contributed by atoms with Gasteiger partial charge in [-0.1, -0.05) is 42.8 Å². The molecule has 0 saturated heterocycles. The lowest BCUT2D eigenvalue weighted by Crippen LogP contribution is -2.18. The average Bonchev–Trinajstić information content (AvgIpc) is 2.27. The van der Waals surface area contributed by atoms with Crippen molar-refractivity contribution in [2.45, 2.75) is 32.1 Å². The summed E-state index contributed by atoms with van der Waals surface area (Å²) in [7, 11) is 0. The molecule has 0 aliphatic heterocycles. The molecule has 0 saturated carbocycles. The number of rotatable bonds is 4. The summed E-state index contributed by atoms with van der Waals surface area (Å²) in [4.78, 5) is 0. The number of aryl methyl sites for hydroxylation is 1. The maximum atomic E-state index is 5.31. The van der Waals surface area contributed by atoms with Crippen molar-refractivity contribution in [3.05, 3.63) is 48.0 Å². The van der Waals surface area contributed by atoms with Crippen molar-refractivity contribution in [1.29, 1.82) is 0 Å². The minimum absolute atomic E-state index is 0.0000694. The van der Waals surface area contributed by atoms with Gasteiger partial charge >= 0.3 is 0 Å². The second-order valence-corrected chi connectivity index (χ2v) is 4.19. The summed E-state index contributed by atoms with van der Waals surface area (Å²) in [5, 5.41) is 0. The molecule has 0 heteroatoms. The summed E-state index contributed by atoms with van der Waals surface area (Å²) in [6, 6.07) is 8.58. The molecule has 1 aromatic rings. The molecule has 1 aromatic carbocycles. The molecule has 0 bridgehead atoms. The Balaban J connectivity index is 2.96. The molecule has 0 amide bonds. The van der Waals surface area contributed by atoms with Gasteiger partial charge in [-0.05, 0) is 18.9 Å². The predicted octanol–water partition coefficient (Wildman–Crippen LogP) is 3.85. The minimum atomic E-state index is 0.0000694. The Morgan fingerprint density at radius 2 is 2.00 bits per heavy atom. The highest BCUT2D eigenvalue weighted by Crippen LogP contribution is 2.30. The van der Waals surface area contributed by atoms with Gasteiger partial charge in [0, 0.05) is 11.8 Å². The van der Waals surface area contributed by atoms with E-state index in [9.17, 15) is 0 Å². The highest BCUT2D eigenvalue weighted by molar-refractivity contribution is 5.31. The third kappa shape index (κ3) is 2.73. The second kappa shape index (κ2) is 4.84. The lowest BCUT2D eigenvalue weighted by molar-refractivity contribution is 0.551. The van der Waals surface area contributed by atoms with Gasteiger partial charge in [0.15, 0.2) is 0 Å². The normalized spacial score (nSPS) is 13.9. The van der Waals surface area contributed by atoms with Crippen LogP contribution in [0.15, 0.2) is 36.9 Å². The van der Waals surface area contributed by atoms with Gasteiger partial charge in [0.1, 0.15) is 0 Å². The van der Waals surface area contributed by atoms with Crippen LogP contribution < -0.4 is 0 Å². The van der Waals surface area contributed by atoms with Crippen molar-refractivity contribution in [3.8, 4) is 12.3 Å². The molecule has 0 aromatic heterocycles. The van der Waals surface area contributed by atoms with Crippen LogP contribution in [0.2, 0.25) is 0 Å². The first-order valence-corrected chi connectivity index (χ1v) is 5.26. The van der Waals surface area contributed by atoms with E-state index in [2.05, 4.69) is 50.6 Å². The van der Waals surface area contributed by atoms with Gasteiger partial charge in [0.25, 0.3) is 0 Å². The smallest absolute Gasteiger partial charge is 0.0110 e. The fourth-order valence-corrected chi connectivity index (χ4v) is 1.63. The van der Waals surface area contributed by atoms with Crippen LogP contribution in [0.1, 0.15) is 30.9 Å². The molecule has 1 rings (SSSR count). The lowest BCUT2D eigenvalue weighted by Gasteiger charge is -2.25. The van der Waals surface area contributed by atoms with Crippen molar-refractivity contribution >= 4 is 0 Å². The topological polar surface area (TPSA) is 0 Å². The Bertz CT molecular complexity index is 364. The standard InChI is InChI=1S/C15H18/c1-5-7-12-15(4,6-2)14-10-8-13(3)9-11-14/h1,6,8-11H,2,7,12H2,3-4H3. The van der Waals surface area contributed by atoms with Crippen LogP contribution in [0.5, 0.6) is 0 Å². The minimum Gasteiger partial charge on any atom is -0.120 e. The monoisotopic (exact) mass is 198 g/mol. The summed E-state index contributed by atoms with van der Waals surface area (Å²) in [6.45, 7) is 8.19. The van der Waals surface area contributed by atoms with Crippen molar-refractivity contribution in [3.63, 3.8) is 0 Å². The van der Waals surface area contributed by atoms with E-state index >= 15 is 0 Å². The van der Waals surface area contributed by atoms with E-state index in [1.54, 1.807) is 0 Å². The van der Waals surface area contributed by atoms with Crippen LogP contribution in [0.3, 0.4) is 0 Å². The molecular formula is C15H18. The number of terminal acetylenes is 1. The van der Waals surface area contributed by atoms with E-state index in [1.807, 2.05) is 6.08 Å². The lowest BCUT2D eigenvalue weighted by atomic mass is 9.78. The number of hydrogen-bond donors (Lipinski definition) is 0. The second-order valence-electron chi connectivity index (χ2n) is 4.19. The molecule has 0 heterocycles. The highest BCUT2D eigenvalue weighted by Gasteiger charge is 2.21. The third-order valence-corrected chi connectivity index (χ3v) is 2.95. The molecule has 0 fully saturated rings. The molecule has 0 aliphatic rings. The SMILES string of the molecule is C#CCCC(C)(C=C)c1ccc(C)cc1. The third-order valence-electron chi connectivity index (χ3n) is 2.95. The van der Waals surface area contributed by atoms with E-state index in [4.69, 9.17) is 6.42 Å². The molecule has 15 heavy (non-hydrogen) atoms. The van der Waals surface area contributed by atoms with Crippen molar-refractivity contribution < 1.29 is 0 Å². The quantitative estimate of drug-likeness (QED) is 0.509. The van der Waals surface area contributed by atoms with Gasteiger partial charge in [-0.15, -0.1) is 18.9 Å². The van der Waals surface area contributed by atoms with Gasteiger partial charge < -0.3 is 0 Å². The van der Waals surface area contributed by atoms with Crippen LogP contribution in [0, 0.1) is 19.3 Å². The van der Waals surface area contributed by atoms with Crippen LogP contribution in [-0.2, 0) is 5.41 Å². The maximum Gasteiger partial charge on any atom is 0.0110 e. The van der Waals surface area contributed by atoms with Crippen LogP contribution in [-0.4, -0.2) is 0 Å². The van der Waals surface area contributed by atoms with E-state index in [-0.39, 0.29) is 5.41 Å². The molecule has 0 spiro atoms. The molecule has 78 valence electrons. The zero-order valence-corrected chi connectivity index (χ0v) is 9.59. The zero-order valence-electron chi connectivity index (χ0n) is 9.59. The number of benzene rings is 1. The van der Waals surface area contributed by atoms with Crippen molar-refractivity contribution in [1.82, 2.24) is 0 Å². The Labute approximate surface area is 93.0 Å². The number of hydrogen-bond acceptors (Lipinski definition) is 0. The largest absolute Gasteiger partial charge is 0.120 e. The van der Waals surface area contributed by atoms with E-state index in [0.717, 1.165) is 12.8 Å². The Hall–Kier alpha value is -1.48. The van der Waals surface area contributed by atoms with Crippen LogP contribution in [0.4, 0.5) is 0 Å². The first-order valence-electron chi connectivity index (χ1n) is 5.26. The summed E-state index contributed by atoms with van der Waals surface area (Å²) < 4.78 is 0. The zero-order chi connectivity index (χ0) is 11.3. The van der Waals surface area contributed by atoms with E-state index in [1.165, 1.54) is 11.1 Å². The Morgan fingerprint density at radius 1 is 1.40 bits per heavy atom. The molecule has 0 aliphatic carbocycles. The van der Waals surface area contributed by atoms with Gasteiger partial charge in [0.05, 0.1) is 0 Å². The average molecular weight is 198 g/mol. The summed E-state index contributed by atoms with van der Waals surface area (Å²) >= 11 is 0. The van der Waals surface area contributed by atoms with E-state index < -0.39 is 0 Å². The maximum absolute atomic E-state index is 5.31. The van der Waals surface area contributed by atoms with Crippen molar-refractivity contribution in [2.75, 3.05) is 0 Å². The van der Waals surface area contributed by atoms with Crippen LogP contribution in [0.25, 0.3) is 0 Å². The summed E-state index contributed by atoms with van der Waals surface area (Å²) in [5.74, 6) is 2.69. The predicted molar refractivity (Wildman–Crippen MR) is 66.8 cm³/mol. The molecule has 0 N–H and O–H groups in total. The summed E-state index contributed by atoms with van der Waals surface area (Å²) in [5.41, 5.74) is 2.57. The first-order chi connectivity index (χ1) is 7.12. The Morgan fingerprint density at radius 3 is 2.47 bits per heavy atom. The summed E-state index contributed by atoms with van der Waals surface area (Å²) in [6.07, 6.45) is 9.05. The molecule has 0 radical (unpaired) electrons. The fraction of sp³-hybridized carbons (Fsp3) is 0.333. The molecule has 1 unspecified atom stereocenters. The van der Waals surface area contributed by atoms with Gasteiger partial charge in [-0.3, -0.25) is 0 Å². The van der Waals surface area contributed by atoms with Gasteiger partial charge in [-0.25, -0.2) is 0 Å². The molecule has 1 atom stereocenters. The van der Waals surface area contributed by atoms with Gasteiger partial charge in [0.2, 0.25) is 0 Å².